The standard InChI is InChI=1S/C9H11FIN/c10-6-9(12)5-7-1-3-8(11)4-2-7/h1-4,9H,5-6,12H2. The van der Waals surface area contributed by atoms with Crippen molar-refractivity contribution in [2.75, 3.05) is 6.67 Å². The Kier molecular flexibility index (Phi) is 3.94. The van der Waals surface area contributed by atoms with Crippen LogP contribution in [0.4, 0.5) is 4.39 Å². The predicted molar refractivity (Wildman–Crippen MR) is 56.8 cm³/mol. The van der Waals surface area contributed by atoms with Crippen LogP contribution < -0.4 is 5.73 Å². The Morgan fingerprint density at radius 1 is 1.33 bits per heavy atom. The van der Waals surface area contributed by atoms with Crippen molar-refractivity contribution in [3.05, 3.63) is 33.4 Å². The molecule has 0 aliphatic carbocycles. The highest BCUT2D eigenvalue weighted by Crippen LogP contribution is 2.08. The van der Waals surface area contributed by atoms with Crippen LogP contribution in [0.3, 0.4) is 0 Å². The topological polar surface area (TPSA) is 26.0 Å². The molecule has 0 aliphatic rings. The second-order valence-corrected chi connectivity index (χ2v) is 3.99. The van der Waals surface area contributed by atoms with Crippen LogP contribution in [0.5, 0.6) is 0 Å². The predicted octanol–water partition coefficient (Wildman–Crippen LogP) is 2.13. The molecule has 0 heterocycles. The van der Waals surface area contributed by atoms with E-state index in [9.17, 15) is 4.39 Å². The Hall–Kier alpha value is -0.160. The summed E-state index contributed by atoms with van der Waals surface area (Å²) in [6.45, 7) is -0.452. The van der Waals surface area contributed by atoms with E-state index in [2.05, 4.69) is 22.6 Å². The number of halogens is 2. The fourth-order valence-electron chi connectivity index (χ4n) is 0.978. The average Bonchev–Trinajstić information content (AvgIpc) is 2.09. The molecule has 0 fully saturated rings. The van der Waals surface area contributed by atoms with Gasteiger partial charge in [0.2, 0.25) is 0 Å². The van der Waals surface area contributed by atoms with Crippen LogP contribution in [0, 0.1) is 3.57 Å². The molecule has 0 saturated heterocycles. The van der Waals surface area contributed by atoms with Gasteiger partial charge in [-0.2, -0.15) is 0 Å². The highest BCUT2D eigenvalue weighted by molar-refractivity contribution is 14.1. The van der Waals surface area contributed by atoms with Gasteiger partial charge in [0, 0.05) is 9.61 Å². The molecular weight excluding hydrogens is 268 g/mol. The van der Waals surface area contributed by atoms with E-state index in [1.54, 1.807) is 0 Å². The van der Waals surface area contributed by atoms with Crippen molar-refractivity contribution in [3.8, 4) is 0 Å². The van der Waals surface area contributed by atoms with Crippen LogP contribution >= 0.6 is 22.6 Å². The van der Waals surface area contributed by atoms with Gasteiger partial charge in [-0.3, -0.25) is 0 Å². The lowest BCUT2D eigenvalue weighted by atomic mass is 10.1. The van der Waals surface area contributed by atoms with Crippen molar-refractivity contribution in [1.82, 2.24) is 0 Å². The summed E-state index contributed by atoms with van der Waals surface area (Å²) in [5, 5.41) is 0. The molecule has 3 heteroatoms. The minimum Gasteiger partial charge on any atom is -0.325 e. The molecule has 66 valence electrons. The number of hydrogen-bond acceptors (Lipinski definition) is 1. The van der Waals surface area contributed by atoms with Crippen molar-refractivity contribution in [1.29, 1.82) is 0 Å². The van der Waals surface area contributed by atoms with Gasteiger partial charge < -0.3 is 5.73 Å². The third kappa shape index (κ3) is 3.06. The van der Waals surface area contributed by atoms with E-state index in [-0.39, 0.29) is 6.04 Å². The van der Waals surface area contributed by atoms with Gasteiger partial charge in [0.25, 0.3) is 0 Å². The highest BCUT2D eigenvalue weighted by Gasteiger charge is 2.02. The first kappa shape index (κ1) is 9.92. The largest absolute Gasteiger partial charge is 0.325 e. The summed E-state index contributed by atoms with van der Waals surface area (Å²) < 4.78 is 13.2. The SMILES string of the molecule is NC(CF)Cc1ccc(I)cc1. The van der Waals surface area contributed by atoms with Crippen LogP contribution in [-0.2, 0) is 6.42 Å². The lowest BCUT2D eigenvalue weighted by Crippen LogP contribution is -2.24. The summed E-state index contributed by atoms with van der Waals surface area (Å²) in [5.74, 6) is 0. The van der Waals surface area contributed by atoms with E-state index in [1.807, 2.05) is 24.3 Å². The second-order valence-electron chi connectivity index (χ2n) is 2.74. The summed E-state index contributed by atoms with van der Waals surface area (Å²) in [5.41, 5.74) is 6.56. The maximum absolute atomic E-state index is 12.0. The zero-order valence-corrected chi connectivity index (χ0v) is 8.79. The quantitative estimate of drug-likeness (QED) is 0.843. The van der Waals surface area contributed by atoms with E-state index in [1.165, 1.54) is 3.57 Å². The molecule has 1 rings (SSSR count). The smallest absolute Gasteiger partial charge is 0.105 e. The Morgan fingerprint density at radius 2 is 1.92 bits per heavy atom. The van der Waals surface area contributed by atoms with Gasteiger partial charge in [-0.1, -0.05) is 12.1 Å². The van der Waals surface area contributed by atoms with Crippen molar-refractivity contribution in [2.24, 2.45) is 5.73 Å². The minimum absolute atomic E-state index is 0.356. The van der Waals surface area contributed by atoms with Gasteiger partial charge in [0.1, 0.15) is 6.67 Å². The summed E-state index contributed by atoms with van der Waals surface area (Å²) in [6.07, 6.45) is 0.618. The molecular formula is C9H11FIN. The first-order chi connectivity index (χ1) is 5.72. The van der Waals surface area contributed by atoms with Crippen LogP contribution in [0.2, 0.25) is 0 Å². The molecule has 0 radical (unpaired) electrons. The zero-order chi connectivity index (χ0) is 8.97. The molecule has 0 saturated carbocycles. The molecule has 2 N–H and O–H groups in total. The highest BCUT2D eigenvalue weighted by atomic mass is 127. The Bertz CT molecular complexity index is 235. The average molecular weight is 279 g/mol. The Balaban J connectivity index is 2.58. The van der Waals surface area contributed by atoms with E-state index < -0.39 is 6.67 Å². The van der Waals surface area contributed by atoms with E-state index in [0.29, 0.717) is 6.42 Å². The number of nitrogens with two attached hydrogens (primary N) is 1. The molecule has 1 unspecified atom stereocenters. The van der Waals surface area contributed by atoms with E-state index in [4.69, 9.17) is 5.73 Å². The fourth-order valence-corrected chi connectivity index (χ4v) is 1.34. The van der Waals surface area contributed by atoms with Gasteiger partial charge >= 0.3 is 0 Å². The molecule has 1 nitrogen and oxygen atoms in total. The van der Waals surface area contributed by atoms with Crippen molar-refractivity contribution >= 4 is 22.6 Å². The molecule has 12 heavy (non-hydrogen) atoms. The molecule has 0 bridgehead atoms. The van der Waals surface area contributed by atoms with Crippen molar-refractivity contribution in [2.45, 2.75) is 12.5 Å². The monoisotopic (exact) mass is 279 g/mol. The first-order valence-electron chi connectivity index (χ1n) is 3.78. The van der Waals surface area contributed by atoms with Gasteiger partial charge in [-0.05, 0) is 46.7 Å². The molecule has 1 aromatic carbocycles. The van der Waals surface area contributed by atoms with E-state index >= 15 is 0 Å². The molecule has 1 atom stereocenters. The van der Waals surface area contributed by atoms with Gasteiger partial charge in [-0.25, -0.2) is 4.39 Å². The van der Waals surface area contributed by atoms with Crippen LogP contribution in [0.1, 0.15) is 5.56 Å². The number of alkyl halides is 1. The van der Waals surface area contributed by atoms with Crippen molar-refractivity contribution < 1.29 is 4.39 Å². The number of rotatable bonds is 3. The number of hydrogen-bond donors (Lipinski definition) is 1. The molecule has 0 amide bonds. The molecule has 1 aromatic rings. The normalized spacial score (nSPS) is 12.9. The summed E-state index contributed by atoms with van der Waals surface area (Å²) in [6, 6.07) is 7.61. The van der Waals surface area contributed by atoms with E-state index in [0.717, 1.165) is 5.56 Å². The van der Waals surface area contributed by atoms with Gasteiger partial charge in [-0.15, -0.1) is 0 Å². The summed E-state index contributed by atoms with van der Waals surface area (Å²) in [7, 11) is 0. The molecule has 0 aromatic heterocycles. The number of benzene rings is 1. The first-order valence-corrected chi connectivity index (χ1v) is 4.86. The maximum atomic E-state index is 12.0. The third-order valence-electron chi connectivity index (χ3n) is 1.61. The lowest BCUT2D eigenvalue weighted by molar-refractivity contribution is 0.427. The van der Waals surface area contributed by atoms with Crippen LogP contribution in [0.25, 0.3) is 0 Å². The second kappa shape index (κ2) is 4.77. The molecule has 0 spiro atoms. The van der Waals surface area contributed by atoms with Gasteiger partial charge in [0.05, 0.1) is 0 Å². The third-order valence-corrected chi connectivity index (χ3v) is 2.33. The maximum Gasteiger partial charge on any atom is 0.105 e. The van der Waals surface area contributed by atoms with Crippen LogP contribution in [0.15, 0.2) is 24.3 Å². The molecule has 0 aliphatic heterocycles. The fraction of sp³-hybridized carbons (Fsp3) is 0.333. The zero-order valence-electron chi connectivity index (χ0n) is 6.63. The minimum atomic E-state index is -0.452. The Labute approximate surface area is 85.3 Å². The van der Waals surface area contributed by atoms with Crippen LogP contribution in [-0.4, -0.2) is 12.7 Å². The van der Waals surface area contributed by atoms with Crippen molar-refractivity contribution in [3.63, 3.8) is 0 Å². The lowest BCUT2D eigenvalue weighted by Gasteiger charge is -2.06. The summed E-state index contributed by atoms with van der Waals surface area (Å²) in [4.78, 5) is 0. The van der Waals surface area contributed by atoms with Gasteiger partial charge in [0.15, 0.2) is 0 Å². The summed E-state index contributed by atoms with van der Waals surface area (Å²) >= 11 is 2.23. The Morgan fingerprint density at radius 3 is 2.42 bits per heavy atom.